The number of amides is 2. The van der Waals surface area contributed by atoms with E-state index >= 15 is 0 Å². The number of ketones is 1. The normalized spacial score (nSPS) is 15.8. The van der Waals surface area contributed by atoms with Gasteiger partial charge in [0.1, 0.15) is 11.6 Å². The van der Waals surface area contributed by atoms with Gasteiger partial charge in [-0.25, -0.2) is 22.0 Å². The van der Waals surface area contributed by atoms with Crippen LogP contribution in [0.1, 0.15) is 22.8 Å². The average Bonchev–Trinajstić information content (AvgIpc) is 2.66. The van der Waals surface area contributed by atoms with Crippen LogP contribution in [0.4, 0.5) is 19.3 Å². The molecule has 0 aromatic heterocycles. The summed E-state index contributed by atoms with van der Waals surface area (Å²) < 4.78 is 51.6. The molecule has 6 nitrogen and oxygen atoms in total. The van der Waals surface area contributed by atoms with Crippen molar-refractivity contribution in [1.29, 1.82) is 0 Å². The van der Waals surface area contributed by atoms with E-state index in [2.05, 4.69) is 0 Å². The highest BCUT2D eigenvalue weighted by Gasteiger charge is 2.29. The van der Waals surface area contributed by atoms with Crippen LogP contribution in [0.15, 0.2) is 42.5 Å². The Kier molecular flexibility index (Phi) is 5.97. The van der Waals surface area contributed by atoms with Gasteiger partial charge in [0.2, 0.25) is 0 Å². The third kappa shape index (κ3) is 4.97. The Balaban J connectivity index is 1.92. The molecule has 0 N–H and O–H groups in total. The summed E-state index contributed by atoms with van der Waals surface area (Å²) in [5.74, 6) is -1.82. The maximum atomic E-state index is 14.5. The summed E-state index contributed by atoms with van der Waals surface area (Å²) in [6.45, 7) is 1.15. The first-order chi connectivity index (χ1) is 13.7. The van der Waals surface area contributed by atoms with Crippen molar-refractivity contribution in [2.75, 3.05) is 29.5 Å². The maximum absolute atomic E-state index is 14.5. The van der Waals surface area contributed by atoms with Gasteiger partial charge in [-0.15, -0.1) is 0 Å². The van der Waals surface area contributed by atoms with E-state index in [1.54, 1.807) is 0 Å². The number of halogens is 2. The molecule has 1 heterocycles. The van der Waals surface area contributed by atoms with E-state index in [9.17, 15) is 26.8 Å². The topological polar surface area (TPSA) is 74.8 Å². The van der Waals surface area contributed by atoms with Gasteiger partial charge in [-0.2, -0.15) is 0 Å². The summed E-state index contributed by atoms with van der Waals surface area (Å²) in [6.07, 6.45) is 0. The Bertz CT molecular complexity index is 1040. The van der Waals surface area contributed by atoms with Gasteiger partial charge in [-0.3, -0.25) is 9.69 Å². The SMILES string of the molecule is CC(=O)c1ccc(CN(C(=O)N2CCS(=O)(=O)CC2)c2cccc(F)c2)c(F)c1. The van der Waals surface area contributed by atoms with Gasteiger partial charge in [-0.1, -0.05) is 18.2 Å². The molecule has 2 aromatic rings. The molecule has 0 unspecified atom stereocenters. The highest BCUT2D eigenvalue weighted by Crippen LogP contribution is 2.23. The molecule has 0 atom stereocenters. The third-order valence-electron chi connectivity index (χ3n) is 4.75. The molecule has 0 spiro atoms. The van der Waals surface area contributed by atoms with Gasteiger partial charge in [0.15, 0.2) is 15.6 Å². The van der Waals surface area contributed by atoms with Crippen LogP contribution in [0, 0.1) is 11.6 Å². The Hall–Kier alpha value is -2.81. The summed E-state index contributed by atoms with van der Waals surface area (Å²) >= 11 is 0. The van der Waals surface area contributed by atoms with E-state index < -0.39 is 27.5 Å². The lowest BCUT2D eigenvalue weighted by atomic mass is 10.1. The van der Waals surface area contributed by atoms with Crippen molar-refractivity contribution in [3.8, 4) is 0 Å². The van der Waals surface area contributed by atoms with Crippen LogP contribution in [0.3, 0.4) is 0 Å². The predicted molar refractivity (Wildman–Crippen MR) is 105 cm³/mol. The van der Waals surface area contributed by atoms with Crippen molar-refractivity contribution in [2.45, 2.75) is 13.5 Å². The monoisotopic (exact) mass is 422 g/mol. The van der Waals surface area contributed by atoms with Crippen LogP contribution < -0.4 is 4.90 Å². The Morgan fingerprint density at radius 1 is 1.07 bits per heavy atom. The minimum absolute atomic E-state index is 0.0126. The molecule has 0 saturated carbocycles. The van der Waals surface area contributed by atoms with Crippen LogP contribution in [0.2, 0.25) is 0 Å². The summed E-state index contributed by atoms with van der Waals surface area (Å²) in [5, 5.41) is 0. The molecule has 0 radical (unpaired) electrons. The third-order valence-corrected chi connectivity index (χ3v) is 6.36. The molecule has 2 amide bonds. The quantitative estimate of drug-likeness (QED) is 0.710. The number of Topliss-reactive ketones (excluding diaryl/α,β-unsaturated/α-hetero) is 1. The molecule has 29 heavy (non-hydrogen) atoms. The fourth-order valence-corrected chi connectivity index (χ4v) is 4.25. The predicted octanol–water partition coefficient (Wildman–Crippen LogP) is 3.02. The Labute approximate surface area is 167 Å². The Morgan fingerprint density at radius 2 is 1.76 bits per heavy atom. The van der Waals surface area contributed by atoms with E-state index in [0.29, 0.717) is 0 Å². The summed E-state index contributed by atoms with van der Waals surface area (Å²) in [5.41, 5.74) is 0.576. The van der Waals surface area contributed by atoms with E-state index in [1.165, 1.54) is 47.1 Å². The van der Waals surface area contributed by atoms with Crippen LogP contribution >= 0.6 is 0 Å². The number of benzene rings is 2. The number of sulfone groups is 1. The first-order valence-corrected chi connectivity index (χ1v) is 10.8. The number of urea groups is 1. The molecule has 3 rings (SSSR count). The zero-order valence-electron chi connectivity index (χ0n) is 15.8. The van der Waals surface area contributed by atoms with Crippen molar-refractivity contribution >= 4 is 27.3 Å². The first kappa shape index (κ1) is 20.9. The standard InChI is InChI=1S/C20H20F2N2O4S/c1-14(25)15-5-6-16(19(22)11-15)13-24(18-4-2-3-17(21)12-18)20(26)23-7-9-29(27,28)10-8-23/h2-6,11-12H,7-10,13H2,1H3. The van der Waals surface area contributed by atoms with Gasteiger partial charge < -0.3 is 4.90 Å². The highest BCUT2D eigenvalue weighted by molar-refractivity contribution is 7.91. The largest absolute Gasteiger partial charge is 0.324 e. The van der Waals surface area contributed by atoms with Gasteiger partial charge in [0.25, 0.3) is 0 Å². The van der Waals surface area contributed by atoms with Crippen molar-refractivity contribution < 1.29 is 26.8 Å². The zero-order valence-corrected chi connectivity index (χ0v) is 16.6. The Morgan fingerprint density at radius 3 is 2.34 bits per heavy atom. The fourth-order valence-electron chi connectivity index (χ4n) is 3.05. The minimum Gasteiger partial charge on any atom is -0.322 e. The fraction of sp³-hybridized carbons (Fsp3) is 0.300. The van der Waals surface area contributed by atoms with Crippen molar-refractivity contribution in [1.82, 2.24) is 4.90 Å². The number of rotatable bonds is 4. The molecule has 1 aliphatic heterocycles. The number of nitrogens with zero attached hydrogens (tertiary/aromatic N) is 2. The van der Waals surface area contributed by atoms with Gasteiger partial charge in [-0.05, 0) is 31.2 Å². The number of anilines is 1. The molecular weight excluding hydrogens is 402 g/mol. The van der Waals surface area contributed by atoms with E-state index in [4.69, 9.17) is 0 Å². The lowest BCUT2D eigenvalue weighted by Gasteiger charge is -2.33. The average molecular weight is 422 g/mol. The van der Waals surface area contributed by atoms with Gasteiger partial charge >= 0.3 is 6.03 Å². The van der Waals surface area contributed by atoms with Crippen LogP contribution in [-0.2, 0) is 16.4 Å². The van der Waals surface area contributed by atoms with Crippen LogP contribution in [0.5, 0.6) is 0 Å². The molecule has 0 aliphatic carbocycles. The molecule has 1 saturated heterocycles. The zero-order chi connectivity index (χ0) is 21.2. The van der Waals surface area contributed by atoms with Gasteiger partial charge in [0.05, 0.1) is 18.1 Å². The second kappa shape index (κ2) is 8.28. The number of hydrogen-bond donors (Lipinski definition) is 0. The first-order valence-electron chi connectivity index (χ1n) is 8.98. The van der Waals surface area contributed by atoms with Crippen molar-refractivity contribution in [3.05, 3.63) is 65.2 Å². The van der Waals surface area contributed by atoms with Crippen LogP contribution in [0.25, 0.3) is 0 Å². The lowest BCUT2D eigenvalue weighted by molar-refractivity contribution is 0.101. The number of hydrogen-bond acceptors (Lipinski definition) is 4. The lowest BCUT2D eigenvalue weighted by Crippen LogP contribution is -2.49. The molecule has 1 fully saturated rings. The van der Waals surface area contributed by atoms with E-state index in [1.807, 2.05) is 0 Å². The molecule has 2 aromatic carbocycles. The van der Waals surface area contributed by atoms with Crippen molar-refractivity contribution in [2.24, 2.45) is 0 Å². The second-order valence-electron chi connectivity index (χ2n) is 6.85. The number of carbonyl (C=O) groups is 2. The summed E-state index contributed by atoms with van der Waals surface area (Å²) in [4.78, 5) is 27.1. The summed E-state index contributed by atoms with van der Waals surface area (Å²) in [7, 11) is -3.19. The second-order valence-corrected chi connectivity index (χ2v) is 9.15. The molecule has 9 heteroatoms. The molecular formula is C20H20F2N2O4S. The van der Waals surface area contributed by atoms with Crippen LogP contribution in [-0.4, -0.2) is 49.7 Å². The summed E-state index contributed by atoms with van der Waals surface area (Å²) in [6, 6.07) is 8.75. The van der Waals surface area contributed by atoms with E-state index in [0.717, 1.165) is 12.1 Å². The highest BCUT2D eigenvalue weighted by atomic mass is 32.2. The molecule has 1 aliphatic rings. The smallest absolute Gasteiger partial charge is 0.322 e. The maximum Gasteiger partial charge on any atom is 0.324 e. The molecule has 154 valence electrons. The minimum atomic E-state index is -3.19. The number of carbonyl (C=O) groups excluding carboxylic acids is 2. The van der Waals surface area contributed by atoms with Crippen molar-refractivity contribution in [3.63, 3.8) is 0 Å². The molecule has 0 bridgehead atoms. The van der Waals surface area contributed by atoms with Gasteiger partial charge in [0, 0.05) is 29.9 Å². The van der Waals surface area contributed by atoms with E-state index in [-0.39, 0.29) is 53.7 Å².